The number of ether oxygens (including phenoxy) is 1. The summed E-state index contributed by atoms with van der Waals surface area (Å²) < 4.78 is 5.13. The molecule has 0 unspecified atom stereocenters. The first kappa shape index (κ1) is 19.3. The molecule has 0 heterocycles. The highest BCUT2D eigenvalue weighted by atomic mass is 16.5. The minimum atomic E-state index is 1.15. The van der Waals surface area contributed by atoms with E-state index in [4.69, 9.17) is 4.74 Å². The van der Waals surface area contributed by atoms with E-state index in [2.05, 4.69) is 13.0 Å². The molecule has 0 atom stereocenters. The Labute approximate surface area is 127 Å². The lowest BCUT2D eigenvalue weighted by Gasteiger charge is -2.02. The molecule has 0 aliphatic heterocycles. The van der Waals surface area contributed by atoms with Crippen LogP contribution in [0.1, 0.15) is 97.3 Å². The molecule has 1 heteroatoms. The van der Waals surface area contributed by atoms with Crippen LogP contribution in [0.25, 0.3) is 0 Å². The Hall–Kier alpha value is -0.720. The summed E-state index contributed by atoms with van der Waals surface area (Å²) in [6.45, 7) is 4.24. The lowest BCUT2D eigenvalue weighted by atomic mass is 10.0. The van der Waals surface area contributed by atoms with E-state index in [1.165, 1.54) is 77.0 Å². The van der Waals surface area contributed by atoms with Gasteiger partial charge >= 0.3 is 0 Å². The van der Waals surface area contributed by atoms with Crippen LogP contribution in [0, 0.1) is 0 Å². The SMILES string of the molecule is CC=COC=CCCCCCCCCCCCCCC. The van der Waals surface area contributed by atoms with E-state index in [1.807, 2.05) is 13.0 Å². The fraction of sp³-hybridized carbons (Fsp3) is 0.789. The molecule has 1 nitrogen and oxygen atoms in total. The molecule has 0 amide bonds. The van der Waals surface area contributed by atoms with E-state index in [9.17, 15) is 0 Å². The van der Waals surface area contributed by atoms with Crippen LogP contribution in [0.3, 0.4) is 0 Å². The summed E-state index contributed by atoms with van der Waals surface area (Å²) in [4.78, 5) is 0. The number of hydrogen-bond donors (Lipinski definition) is 0. The molecular weight excluding hydrogens is 244 g/mol. The molecule has 0 radical (unpaired) electrons. The lowest BCUT2D eigenvalue weighted by Crippen LogP contribution is -1.82. The van der Waals surface area contributed by atoms with Gasteiger partial charge in [0.2, 0.25) is 0 Å². The predicted molar refractivity (Wildman–Crippen MR) is 90.7 cm³/mol. The van der Waals surface area contributed by atoms with Crippen LogP contribution in [0.4, 0.5) is 0 Å². The molecule has 0 fully saturated rings. The molecule has 0 aliphatic carbocycles. The quantitative estimate of drug-likeness (QED) is 0.229. The van der Waals surface area contributed by atoms with Gasteiger partial charge in [0.1, 0.15) is 0 Å². The molecule has 0 aromatic rings. The first-order valence-electron chi connectivity index (χ1n) is 8.83. The summed E-state index contributed by atoms with van der Waals surface area (Å²) in [7, 11) is 0. The Kier molecular flexibility index (Phi) is 17.6. The molecule has 0 aliphatic rings. The molecule has 0 aromatic carbocycles. The average Bonchev–Trinajstić information content (AvgIpc) is 2.47. The standard InChI is InChI=1S/C19H36O/c1-3-5-6-7-8-9-10-11-12-13-14-15-16-17-19-20-18-4-2/h4,17-19H,3,5-16H2,1-2H3. The van der Waals surface area contributed by atoms with Crippen molar-refractivity contribution in [2.24, 2.45) is 0 Å². The van der Waals surface area contributed by atoms with Gasteiger partial charge in [-0.2, -0.15) is 0 Å². The van der Waals surface area contributed by atoms with E-state index >= 15 is 0 Å². The van der Waals surface area contributed by atoms with Crippen LogP contribution in [0.15, 0.2) is 24.7 Å². The zero-order valence-corrected chi connectivity index (χ0v) is 13.9. The van der Waals surface area contributed by atoms with Crippen LogP contribution in [0.2, 0.25) is 0 Å². The van der Waals surface area contributed by atoms with Gasteiger partial charge in [0.05, 0.1) is 12.5 Å². The molecule has 0 rings (SSSR count). The van der Waals surface area contributed by atoms with Gasteiger partial charge in [-0.3, -0.25) is 0 Å². The predicted octanol–water partition coefficient (Wildman–Crippen LogP) is 7.14. The number of unbranched alkanes of at least 4 members (excludes halogenated alkanes) is 12. The van der Waals surface area contributed by atoms with Crippen molar-refractivity contribution in [3.05, 3.63) is 24.7 Å². The highest BCUT2D eigenvalue weighted by Crippen LogP contribution is 2.12. The number of hydrogen-bond acceptors (Lipinski definition) is 1. The Balaban J connectivity index is 3.01. The number of allylic oxidation sites excluding steroid dienone is 2. The van der Waals surface area contributed by atoms with Crippen molar-refractivity contribution in [1.29, 1.82) is 0 Å². The van der Waals surface area contributed by atoms with E-state index in [0.717, 1.165) is 6.42 Å². The summed E-state index contributed by atoms with van der Waals surface area (Å²) in [5.41, 5.74) is 0. The first-order chi connectivity index (χ1) is 9.91. The highest BCUT2D eigenvalue weighted by Gasteiger charge is 1.92. The monoisotopic (exact) mass is 280 g/mol. The van der Waals surface area contributed by atoms with Gasteiger partial charge in [-0.1, -0.05) is 83.6 Å². The normalized spacial score (nSPS) is 11.7. The third kappa shape index (κ3) is 17.3. The molecule has 0 saturated heterocycles. The zero-order chi connectivity index (χ0) is 14.7. The maximum absolute atomic E-state index is 5.13. The fourth-order valence-electron chi connectivity index (χ4n) is 2.35. The van der Waals surface area contributed by atoms with Crippen LogP contribution >= 0.6 is 0 Å². The van der Waals surface area contributed by atoms with Gasteiger partial charge < -0.3 is 4.74 Å². The van der Waals surface area contributed by atoms with Gasteiger partial charge in [0.15, 0.2) is 0 Å². The summed E-state index contributed by atoms with van der Waals surface area (Å²) in [6, 6.07) is 0. The van der Waals surface area contributed by atoms with E-state index in [-0.39, 0.29) is 0 Å². The smallest absolute Gasteiger partial charge is 0.0861 e. The van der Waals surface area contributed by atoms with Gasteiger partial charge in [-0.05, 0) is 25.8 Å². The fourth-order valence-corrected chi connectivity index (χ4v) is 2.35. The lowest BCUT2D eigenvalue weighted by molar-refractivity contribution is 0.399. The van der Waals surface area contributed by atoms with Crippen molar-refractivity contribution in [3.8, 4) is 0 Å². The summed E-state index contributed by atoms with van der Waals surface area (Å²) in [5.74, 6) is 0. The molecular formula is C19H36O. The van der Waals surface area contributed by atoms with Crippen molar-refractivity contribution in [2.45, 2.75) is 97.3 Å². The van der Waals surface area contributed by atoms with Gasteiger partial charge in [-0.15, -0.1) is 0 Å². The highest BCUT2D eigenvalue weighted by molar-refractivity contribution is 4.77. The third-order valence-electron chi connectivity index (χ3n) is 3.61. The van der Waals surface area contributed by atoms with Gasteiger partial charge in [0, 0.05) is 0 Å². The van der Waals surface area contributed by atoms with E-state index < -0.39 is 0 Å². The van der Waals surface area contributed by atoms with Crippen LogP contribution in [0.5, 0.6) is 0 Å². The maximum Gasteiger partial charge on any atom is 0.0861 e. The Morgan fingerprint density at radius 2 is 1.15 bits per heavy atom. The molecule has 0 bridgehead atoms. The molecule has 0 N–H and O–H groups in total. The Morgan fingerprint density at radius 1 is 0.650 bits per heavy atom. The second-order valence-corrected chi connectivity index (χ2v) is 5.66. The molecule has 0 spiro atoms. The van der Waals surface area contributed by atoms with E-state index in [0.29, 0.717) is 0 Å². The minimum Gasteiger partial charge on any atom is -0.473 e. The summed E-state index contributed by atoms with van der Waals surface area (Å²) in [5, 5.41) is 0. The minimum absolute atomic E-state index is 1.15. The van der Waals surface area contributed by atoms with Gasteiger partial charge in [0.25, 0.3) is 0 Å². The molecule has 0 saturated carbocycles. The average molecular weight is 280 g/mol. The van der Waals surface area contributed by atoms with Crippen molar-refractivity contribution in [2.75, 3.05) is 0 Å². The zero-order valence-electron chi connectivity index (χ0n) is 13.9. The van der Waals surface area contributed by atoms with Crippen LogP contribution < -0.4 is 0 Å². The van der Waals surface area contributed by atoms with Crippen molar-refractivity contribution in [3.63, 3.8) is 0 Å². The third-order valence-corrected chi connectivity index (χ3v) is 3.61. The molecule has 0 aromatic heterocycles. The second-order valence-electron chi connectivity index (χ2n) is 5.66. The van der Waals surface area contributed by atoms with Crippen molar-refractivity contribution < 1.29 is 4.74 Å². The van der Waals surface area contributed by atoms with Gasteiger partial charge in [-0.25, -0.2) is 0 Å². The van der Waals surface area contributed by atoms with Crippen LogP contribution in [-0.2, 0) is 4.74 Å². The van der Waals surface area contributed by atoms with Crippen LogP contribution in [-0.4, -0.2) is 0 Å². The second kappa shape index (κ2) is 18.3. The van der Waals surface area contributed by atoms with Crippen molar-refractivity contribution in [1.82, 2.24) is 0 Å². The van der Waals surface area contributed by atoms with E-state index in [1.54, 1.807) is 12.5 Å². The number of rotatable bonds is 15. The van der Waals surface area contributed by atoms with Crippen molar-refractivity contribution >= 4 is 0 Å². The maximum atomic E-state index is 5.13. The topological polar surface area (TPSA) is 9.23 Å². The first-order valence-corrected chi connectivity index (χ1v) is 8.83. The Morgan fingerprint density at radius 3 is 1.65 bits per heavy atom. The molecule has 118 valence electrons. The largest absolute Gasteiger partial charge is 0.473 e. The Bertz CT molecular complexity index is 218. The molecule has 20 heavy (non-hydrogen) atoms. The summed E-state index contributed by atoms with van der Waals surface area (Å²) >= 11 is 0. The summed E-state index contributed by atoms with van der Waals surface area (Å²) in [6.07, 6.45) is 25.6.